The second-order valence-corrected chi connectivity index (χ2v) is 8.33. The van der Waals surface area contributed by atoms with E-state index in [-0.39, 0.29) is 5.91 Å². The minimum absolute atomic E-state index is 0.00785. The highest BCUT2D eigenvalue weighted by molar-refractivity contribution is 7.98. The molecule has 0 spiro atoms. The third-order valence-electron chi connectivity index (χ3n) is 4.93. The van der Waals surface area contributed by atoms with Crippen molar-refractivity contribution >= 4 is 17.7 Å². The average molecular weight is 449 g/mol. The van der Waals surface area contributed by atoms with Crippen LogP contribution in [-0.2, 0) is 12.3 Å². The molecule has 1 amide bonds. The van der Waals surface area contributed by atoms with Gasteiger partial charge in [0.05, 0.1) is 19.9 Å². The molecule has 0 radical (unpaired) electrons. The fourth-order valence-electron chi connectivity index (χ4n) is 3.20. The number of benzene rings is 2. The monoisotopic (exact) mass is 448 g/mol. The quantitative estimate of drug-likeness (QED) is 0.367. The number of rotatable bonds is 8. The summed E-state index contributed by atoms with van der Waals surface area (Å²) in [4.78, 5) is 13.7. The molecule has 0 atom stereocenters. The highest BCUT2D eigenvalue weighted by Gasteiger charge is 2.16. The van der Waals surface area contributed by atoms with E-state index in [1.807, 2.05) is 60.7 Å². The first-order chi connectivity index (χ1) is 15.5. The number of nitrogens with zero attached hydrogens (tertiary/aromatic N) is 4. The molecule has 0 unspecified atom stereocenters. The van der Waals surface area contributed by atoms with Gasteiger partial charge in [0.2, 0.25) is 0 Å². The topological polar surface area (TPSA) is 73.4 Å². The standard InChI is InChI=1S/C24H24N4O3S/c1-27(2)23(29)19-8-6-17(7-9-19)16-32-24-26-25-22(18-10-12-20(30-3)13-11-18)28(24)15-21-5-4-14-31-21/h4-14H,15-16H2,1-3H3. The van der Waals surface area contributed by atoms with Gasteiger partial charge in [0.15, 0.2) is 11.0 Å². The summed E-state index contributed by atoms with van der Waals surface area (Å²) in [5, 5.41) is 9.69. The van der Waals surface area contributed by atoms with E-state index in [1.54, 1.807) is 44.1 Å². The van der Waals surface area contributed by atoms with Gasteiger partial charge in [-0.2, -0.15) is 0 Å². The van der Waals surface area contributed by atoms with Crippen molar-refractivity contribution in [2.45, 2.75) is 17.5 Å². The van der Waals surface area contributed by atoms with Crippen LogP contribution in [0.1, 0.15) is 21.7 Å². The van der Waals surface area contributed by atoms with Gasteiger partial charge in [0, 0.05) is 31.0 Å². The van der Waals surface area contributed by atoms with Gasteiger partial charge in [-0.3, -0.25) is 9.36 Å². The van der Waals surface area contributed by atoms with E-state index < -0.39 is 0 Å². The molecule has 0 aliphatic heterocycles. The van der Waals surface area contributed by atoms with Gasteiger partial charge in [0.25, 0.3) is 5.91 Å². The number of ether oxygens (including phenoxy) is 1. The highest BCUT2D eigenvalue weighted by Crippen LogP contribution is 2.28. The van der Waals surface area contributed by atoms with Crippen LogP contribution in [0.5, 0.6) is 5.75 Å². The molecule has 2 heterocycles. The average Bonchev–Trinajstić information content (AvgIpc) is 3.48. The van der Waals surface area contributed by atoms with Gasteiger partial charge < -0.3 is 14.1 Å². The lowest BCUT2D eigenvalue weighted by Gasteiger charge is -2.11. The van der Waals surface area contributed by atoms with Crippen molar-refractivity contribution in [1.29, 1.82) is 0 Å². The number of furan rings is 1. The summed E-state index contributed by atoms with van der Waals surface area (Å²) in [6.45, 7) is 0.528. The fourth-order valence-corrected chi connectivity index (χ4v) is 4.09. The number of carbonyl (C=O) groups excluding carboxylic acids is 1. The number of methoxy groups -OCH3 is 1. The predicted molar refractivity (Wildman–Crippen MR) is 124 cm³/mol. The number of hydrogen-bond acceptors (Lipinski definition) is 6. The van der Waals surface area contributed by atoms with Gasteiger partial charge in [0.1, 0.15) is 11.5 Å². The smallest absolute Gasteiger partial charge is 0.253 e. The Morgan fingerprint density at radius 2 is 1.81 bits per heavy atom. The number of carbonyl (C=O) groups is 1. The minimum atomic E-state index is -0.00785. The van der Waals surface area contributed by atoms with Crippen LogP contribution in [0.4, 0.5) is 0 Å². The first kappa shape index (κ1) is 21.7. The van der Waals surface area contributed by atoms with Crippen molar-refractivity contribution < 1.29 is 13.9 Å². The van der Waals surface area contributed by atoms with Gasteiger partial charge in [-0.15, -0.1) is 10.2 Å². The normalized spacial score (nSPS) is 10.8. The molecular formula is C24H24N4O3S. The summed E-state index contributed by atoms with van der Waals surface area (Å²) >= 11 is 1.59. The fraction of sp³-hybridized carbons (Fsp3) is 0.208. The first-order valence-corrected chi connectivity index (χ1v) is 11.1. The molecule has 0 N–H and O–H groups in total. The number of aromatic nitrogens is 3. The van der Waals surface area contributed by atoms with Gasteiger partial charge in [-0.25, -0.2) is 0 Å². The molecule has 0 bridgehead atoms. The lowest BCUT2D eigenvalue weighted by molar-refractivity contribution is 0.0827. The molecule has 0 aliphatic rings. The maximum Gasteiger partial charge on any atom is 0.253 e. The predicted octanol–water partition coefficient (Wildman–Crippen LogP) is 4.59. The van der Waals surface area contributed by atoms with E-state index in [1.165, 1.54) is 0 Å². The van der Waals surface area contributed by atoms with E-state index in [0.717, 1.165) is 33.6 Å². The van der Waals surface area contributed by atoms with Crippen molar-refractivity contribution in [3.63, 3.8) is 0 Å². The molecule has 4 aromatic rings. The highest BCUT2D eigenvalue weighted by atomic mass is 32.2. The Bertz CT molecular complexity index is 1170. The molecule has 0 saturated carbocycles. The molecule has 164 valence electrons. The van der Waals surface area contributed by atoms with Crippen molar-refractivity contribution in [2.24, 2.45) is 0 Å². The largest absolute Gasteiger partial charge is 0.497 e. The molecule has 0 fully saturated rings. The maximum atomic E-state index is 12.1. The van der Waals surface area contributed by atoms with E-state index in [4.69, 9.17) is 9.15 Å². The zero-order valence-corrected chi connectivity index (χ0v) is 19.0. The van der Waals surface area contributed by atoms with Crippen LogP contribution in [-0.4, -0.2) is 46.8 Å². The molecule has 4 rings (SSSR count). The molecule has 0 aliphatic carbocycles. The van der Waals surface area contributed by atoms with Crippen LogP contribution in [0.2, 0.25) is 0 Å². The molecule has 7 nitrogen and oxygen atoms in total. The van der Waals surface area contributed by atoms with Crippen LogP contribution in [0.3, 0.4) is 0 Å². The second kappa shape index (κ2) is 9.74. The zero-order chi connectivity index (χ0) is 22.5. The van der Waals surface area contributed by atoms with Crippen LogP contribution >= 0.6 is 11.8 Å². The summed E-state index contributed by atoms with van der Waals surface area (Å²) < 4.78 is 12.9. The molecule has 32 heavy (non-hydrogen) atoms. The lowest BCUT2D eigenvalue weighted by atomic mass is 10.1. The van der Waals surface area contributed by atoms with E-state index in [9.17, 15) is 4.79 Å². The Balaban J connectivity index is 1.56. The summed E-state index contributed by atoms with van der Waals surface area (Å²) in [6.07, 6.45) is 1.66. The second-order valence-electron chi connectivity index (χ2n) is 7.39. The van der Waals surface area contributed by atoms with Crippen LogP contribution in [0.25, 0.3) is 11.4 Å². The van der Waals surface area contributed by atoms with Crippen molar-refractivity contribution in [3.05, 3.63) is 83.8 Å². The van der Waals surface area contributed by atoms with Crippen molar-refractivity contribution in [1.82, 2.24) is 19.7 Å². The molecule has 0 saturated heterocycles. The van der Waals surface area contributed by atoms with Crippen molar-refractivity contribution in [2.75, 3.05) is 21.2 Å². The first-order valence-electron chi connectivity index (χ1n) is 10.1. The Morgan fingerprint density at radius 3 is 2.44 bits per heavy atom. The van der Waals surface area contributed by atoms with Gasteiger partial charge >= 0.3 is 0 Å². The molecular weight excluding hydrogens is 424 g/mol. The SMILES string of the molecule is COc1ccc(-c2nnc(SCc3ccc(C(=O)N(C)C)cc3)n2Cc2ccco2)cc1. The molecule has 8 heteroatoms. The van der Waals surface area contributed by atoms with Crippen LogP contribution < -0.4 is 4.74 Å². The number of thioether (sulfide) groups is 1. The third-order valence-corrected chi connectivity index (χ3v) is 5.97. The Morgan fingerprint density at radius 1 is 1.06 bits per heavy atom. The summed E-state index contributed by atoms with van der Waals surface area (Å²) in [6, 6.07) is 19.2. The number of amides is 1. The lowest BCUT2D eigenvalue weighted by Crippen LogP contribution is -2.21. The van der Waals surface area contributed by atoms with Crippen LogP contribution in [0.15, 0.2) is 76.5 Å². The van der Waals surface area contributed by atoms with E-state index >= 15 is 0 Å². The Kier molecular flexibility index (Phi) is 6.61. The zero-order valence-electron chi connectivity index (χ0n) is 18.2. The molecule has 2 aromatic heterocycles. The summed E-state index contributed by atoms with van der Waals surface area (Å²) in [5.41, 5.74) is 2.72. The Hall–Kier alpha value is -3.52. The third kappa shape index (κ3) is 4.86. The van der Waals surface area contributed by atoms with Crippen molar-refractivity contribution in [3.8, 4) is 17.1 Å². The van der Waals surface area contributed by atoms with Gasteiger partial charge in [-0.05, 0) is 54.1 Å². The summed E-state index contributed by atoms with van der Waals surface area (Å²) in [7, 11) is 5.14. The van der Waals surface area contributed by atoms with Gasteiger partial charge in [-0.1, -0.05) is 23.9 Å². The Labute approximate surface area is 191 Å². The van der Waals surface area contributed by atoms with Crippen LogP contribution in [0, 0.1) is 0 Å². The van der Waals surface area contributed by atoms with E-state index in [2.05, 4.69) is 14.8 Å². The number of hydrogen-bond donors (Lipinski definition) is 0. The maximum absolute atomic E-state index is 12.1. The van der Waals surface area contributed by atoms with E-state index in [0.29, 0.717) is 17.9 Å². The minimum Gasteiger partial charge on any atom is -0.497 e. The summed E-state index contributed by atoms with van der Waals surface area (Å²) in [5.74, 6) is 3.07. The molecule has 2 aromatic carbocycles.